The van der Waals surface area contributed by atoms with Gasteiger partial charge in [0.2, 0.25) is 5.91 Å². The number of hydrogen-bond acceptors (Lipinski definition) is 4. The molecule has 8 nitrogen and oxygen atoms in total. The Morgan fingerprint density at radius 1 is 1.00 bits per heavy atom. The van der Waals surface area contributed by atoms with E-state index in [1.54, 1.807) is 7.05 Å². The van der Waals surface area contributed by atoms with Crippen molar-refractivity contribution in [3.05, 3.63) is 0 Å². The summed E-state index contributed by atoms with van der Waals surface area (Å²) in [6.45, 7) is 9.90. The highest BCUT2D eigenvalue weighted by Crippen LogP contribution is 2.21. The molecule has 0 unspecified atom stereocenters. The summed E-state index contributed by atoms with van der Waals surface area (Å²) in [5, 5.41) is 6.23. The quantitative estimate of drug-likeness (QED) is 0.548. The van der Waals surface area contributed by atoms with E-state index in [0.717, 1.165) is 64.4 Å². The second-order valence-corrected chi connectivity index (χ2v) is 9.15. The predicted octanol–water partition coefficient (Wildman–Crippen LogP) is 2.06. The fraction of sp³-hybridized carbons (Fsp3) is 0.857. The van der Waals surface area contributed by atoms with Crippen molar-refractivity contribution in [1.82, 2.24) is 20.4 Å². The van der Waals surface area contributed by atoms with E-state index in [0.29, 0.717) is 18.3 Å². The molecule has 2 N–H and O–H groups in total. The third-order valence-corrected chi connectivity index (χ3v) is 5.69. The third-order valence-electron chi connectivity index (χ3n) is 5.69. The third kappa shape index (κ3) is 7.74. The summed E-state index contributed by atoms with van der Waals surface area (Å²) in [5.74, 6) is 2.05. The van der Waals surface area contributed by atoms with Crippen LogP contribution in [-0.4, -0.2) is 80.2 Å². The molecule has 2 saturated heterocycles. The van der Waals surface area contributed by atoms with Crippen LogP contribution in [0.2, 0.25) is 0 Å². The van der Waals surface area contributed by atoms with Gasteiger partial charge in [-0.1, -0.05) is 0 Å². The maximum Gasteiger partial charge on any atom is 0.410 e. The summed E-state index contributed by atoms with van der Waals surface area (Å²) in [6.07, 6.45) is 4.38. The molecule has 0 radical (unpaired) electrons. The number of rotatable bonds is 4. The SMILES string of the molecule is CN=C(NCC1CCN(C(=O)OC(C)(C)C)CC1)N1CCC(CC(=O)NC)CC1. The lowest BCUT2D eigenvalue weighted by Gasteiger charge is -2.36. The summed E-state index contributed by atoms with van der Waals surface area (Å²) >= 11 is 0. The van der Waals surface area contributed by atoms with Gasteiger partial charge in [0.15, 0.2) is 5.96 Å². The average molecular weight is 410 g/mol. The van der Waals surface area contributed by atoms with Gasteiger partial charge in [-0.15, -0.1) is 0 Å². The van der Waals surface area contributed by atoms with Gasteiger partial charge >= 0.3 is 6.09 Å². The highest BCUT2D eigenvalue weighted by atomic mass is 16.6. The Hall–Kier alpha value is -1.99. The summed E-state index contributed by atoms with van der Waals surface area (Å²) in [4.78, 5) is 32.3. The average Bonchev–Trinajstić information content (AvgIpc) is 2.68. The highest BCUT2D eigenvalue weighted by Gasteiger charge is 2.28. The second kappa shape index (κ2) is 10.7. The molecule has 0 spiro atoms. The Balaban J connectivity index is 1.70. The molecule has 0 aliphatic carbocycles. The van der Waals surface area contributed by atoms with Crippen molar-refractivity contribution < 1.29 is 14.3 Å². The molecule has 2 aliphatic rings. The molecule has 8 heteroatoms. The van der Waals surface area contributed by atoms with Gasteiger partial charge in [0.05, 0.1) is 0 Å². The minimum absolute atomic E-state index is 0.128. The topological polar surface area (TPSA) is 86.3 Å². The van der Waals surface area contributed by atoms with E-state index >= 15 is 0 Å². The van der Waals surface area contributed by atoms with E-state index in [2.05, 4.69) is 20.5 Å². The molecule has 0 aromatic rings. The fourth-order valence-corrected chi connectivity index (χ4v) is 3.93. The predicted molar refractivity (Wildman–Crippen MR) is 115 cm³/mol. The van der Waals surface area contributed by atoms with Crippen molar-refractivity contribution in [2.45, 2.75) is 58.5 Å². The zero-order chi connectivity index (χ0) is 21.4. The van der Waals surface area contributed by atoms with Crippen molar-refractivity contribution in [3.8, 4) is 0 Å². The second-order valence-electron chi connectivity index (χ2n) is 9.15. The van der Waals surface area contributed by atoms with Crippen LogP contribution >= 0.6 is 0 Å². The Morgan fingerprint density at radius 2 is 1.55 bits per heavy atom. The van der Waals surface area contributed by atoms with Gasteiger partial charge in [-0.3, -0.25) is 9.79 Å². The summed E-state index contributed by atoms with van der Waals surface area (Å²) in [7, 11) is 3.52. The number of nitrogens with one attached hydrogen (secondary N) is 2. The lowest BCUT2D eigenvalue weighted by molar-refractivity contribution is -0.121. The Bertz CT molecular complexity index is 571. The van der Waals surface area contributed by atoms with E-state index < -0.39 is 5.60 Å². The molecule has 0 bridgehead atoms. The Labute approximate surface area is 175 Å². The minimum Gasteiger partial charge on any atom is -0.444 e. The van der Waals surface area contributed by atoms with Crippen LogP contribution in [0.1, 0.15) is 52.9 Å². The molecule has 2 amide bonds. The van der Waals surface area contributed by atoms with Crippen LogP contribution in [-0.2, 0) is 9.53 Å². The van der Waals surface area contributed by atoms with E-state index in [4.69, 9.17) is 4.74 Å². The molecule has 166 valence electrons. The zero-order valence-electron chi connectivity index (χ0n) is 18.8. The fourth-order valence-electron chi connectivity index (χ4n) is 3.93. The number of amides is 2. The van der Waals surface area contributed by atoms with E-state index in [1.807, 2.05) is 32.7 Å². The molecule has 2 rings (SSSR count). The van der Waals surface area contributed by atoms with E-state index in [1.165, 1.54) is 0 Å². The van der Waals surface area contributed by atoms with Gasteiger partial charge in [-0.2, -0.15) is 0 Å². The number of hydrogen-bond donors (Lipinski definition) is 2. The van der Waals surface area contributed by atoms with Crippen LogP contribution in [0.15, 0.2) is 4.99 Å². The summed E-state index contributed by atoms with van der Waals surface area (Å²) in [5.41, 5.74) is -0.449. The standard InChI is InChI=1S/C21H39N5O3/c1-21(2,3)29-20(28)26-12-8-17(9-13-26)15-24-19(23-5)25-10-6-16(7-11-25)14-18(27)22-4/h16-17H,6-15H2,1-5H3,(H,22,27)(H,23,24). The number of carbonyl (C=O) groups excluding carboxylic acids is 2. The largest absolute Gasteiger partial charge is 0.444 e. The van der Waals surface area contributed by atoms with Crippen LogP contribution < -0.4 is 10.6 Å². The molecule has 2 heterocycles. The van der Waals surface area contributed by atoms with Crippen LogP contribution in [0.3, 0.4) is 0 Å². The van der Waals surface area contributed by atoms with Gasteiger partial charge in [0.25, 0.3) is 0 Å². The van der Waals surface area contributed by atoms with Crippen molar-refractivity contribution in [2.24, 2.45) is 16.8 Å². The normalized spacial score (nSPS) is 19.8. The number of nitrogens with zero attached hydrogens (tertiary/aromatic N) is 3. The number of likely N-dealkylation sites (tertiary alicyclic amines) is 2. The molecular weight excluding hydrogens is 370 g/mol. The molecule has 0 aromatic carbocycles. The number of aliphatic imine (C=N–C) groups is 1. The van der Waals surface area contributed by atoms with Crippen LogP contribution in [0, 0.1) is 11.8 Å². The van der Waals surface area contributed by atoms with Crippen LogP contribution in [0.5, 0.6) is 0 Å². The highest BCUT2D eigenvalue weighted by molar-refractivity contribution is 5.80. The number of piperidine rings is 2. The summed E-state index contributed by atoms with van der Waals surface area (Å²) in [6, 6.07) is 0. The molecule has 2 fully saturated rings. The first-order valence-corrected chi connectivity index (χ1v) is 10.9. The molecule has 0 aromatic heterocycles. The van der Waals surface area contributed by atoms with Crippen LogP contribution in [0.4, 0.5) is 4.79 Å². The summed E-state index contributed by atoms with van der Waals surface area (Å²) < 4.78 is 5.47. The Kier molecular flexibility index (Phi) is 8.59. The molecule has 2 aliphatic heterocycles. The van der Waals surface area contributed by atoms with Crippen molar-refractivity contribution >= 4 is 18.0 Å². The minimum atomic E-state index is -0.449. The first-order chi connectivity index (χ1) is 13.7. The maximum absolute atomic E-state index is 12.2. The van der Waals surface area contributed by atoms with Gasteiger partial charge in [-0.05, 0) is 58.3 Å². The molecule has 0 saturated carbocycles. The smallest absolute Gasteiger partial charge is 0.410 e. The molecule has 0 atom stereocenters. The number of guanidine groups is 1. The molecular formula is C21H39N5O3. The van der Waals surface area contributed by atoms with E-state index in [-0.39, 0.29) is 12.0 Å². The Morgan fingerprint density at radius 3 is 2.07 bits per heavy atom. The number of ether oxygens (including phenoxy) is 1. The lowest BCUT2D eigenvalue weighted by Crippen LogP contribution is -2.48. The van der Waals surface area contributed by atoms with Gasteiger partial charge < -0.3 is 25.2 Å². The van der Waals surface area contributed by atoms with Crippen molar-refractivity contribution in [2.75, 3.05) is 46.8 Å². The van der Waals surface area contributed by atoms with Gasteiger partial charge in [0.1, 0.15) is 5.60 Å². The van der Waals surface area contributed by atoms with Crippen LogP contribution in [0.25, 0.3) is 0 Å². The lowest BCUT2D eigenvalue weighted by atomic mass is 9.93. The maximum atomic E-state index is 12.2. The first-order valence-electron chi connectivity index (χ1n) is 10.9. The van der Waals surface area contributed by atoms with Gasteiger partial charge in [-0.25, -0.2) is 4.79 Å². The van der Waals surface area contributed by atoms with E-state index in [9.17, 15) is 9.59 Å². The van der Waals surface area contributed by atoms with Crippen molar-refractivity contribution in [1.29, 1.82) is 0 Å². The number of carbonyl (C=O) groups is 2. The van der Waals surface area contributed by atoms with Gasteiger partial charge in [0, 0.05) is 53.2 Å². The van der Waals surface area contributed by atoms with Crippen molar-refractivity contribution in [3.63, 3.8) is 0 Å². The molecule has 29 heavy (non-hydrogen) atoms. The monoisotopic (exact) mass is 409 g/mol. The first kappa shape index (κ1) is 23.3. The zero-order valence-corrected chi connectivity index (χ0v) is 18.8.